The van der Waals surface area contributed by atoms with E-state index in [4.69, 9.17) is 0 Å². The van der Waals surface area contributed by atoms with E-state index in [1.807, 2.05) is 18.8 Å². The van der Waals surface area contributed by atoms with Crippen molar-refractivity contribution >= 4 is 18.0 Å². The number of piperazine rings is 1. The lowest BCUT2D eigenvalue weighted by Crippen LogP contribution is -2.44. The molecular formula is C19H31N3OS. The lowest BCUT2D eigenvalue weighted by molar-refractivity contribution is -0.109. The topological polar surface area (TPSA) is 35.6 Å². The molecule has 1 N–H and O–H groups in total. The van der Waals surface area contributed by atoms with Crippen LogP contribution in [0.15, 0.2) is 24.3 Å². The minimum atomic E-state index is -0.129. The zero-order valence-corrected chi connectivity index (χ0v) is 16.2. The van der Waals surface area contributed by atoms with Gasteiger partial charge in [-0.2, -0.15) is 0 Å². The summed E-state index contributed by atoms with van der Waals surface area (Å²) in [5, 5.41) is 3.10. The average Bonchev–Trinajstić information content (AvgIpc) is 2.56. The third-order valence-electron chi connectivity index (χ3n) is 4.80. The van der Waals surface area contributed by atoms with E-state index in [-0.39, 0.29) is 10.8 Å². The normalized spacial score (nSPS) is 18.5. The summed E-state index contributed by atoms with van der Waals surface area (Å²) in [6.45, 7) is 9.88. The van der Waals surface area contributed by atoms with Crippen molar-refractivity contribution in [3.05, 3.63) is 35.4 Å². The van der Waals surface area contributed by atoms with E-state index < -0.39 is 0 Å². The highest BCUT2D eigenvalue weighted by Crippen LogP contribution is 2.31. The minimum absolute atomic E-state index is 0.121. The van der Waals surface area contributed by atoms with Gasteiger partial charge in [-0.15, -0.1) is 11.8 Å². The third-order valence-corrected chi connectivity index (χ3v) is 6.28. The molecule has 1 aliphatic heterocycles. The van der Waals surface area contributed by atoms with Gasteiger partial charge in [-0.25, -0.2) is 0 Å². The molecule has 24 heavy (non-hydrogen) atoms. The number of carbonyl (C=O) groups excluding carboxylic acids is 1. The summed E-state index contributed by atoms with van der Waals surface area (Å²) in [7, 11) is 4.03. The highest BCUT2D eigenvalue weighted by Gasteiger charge is 2.28. The molecule has 5 heteroatoms. The molecular weight excluding hydrogens is 318 g/mol. The number of carbonyl (C=O) groups is 1. The fourth-order valence-corrected chi connectivity index (χ4v) is 4.09. The second-order valence-electron chi connectivity index (χ2n) is 7.19. The van der Waals surface area contributed by atoms with Crippen molar-refractivity contribution in [3.8, 4) is 0 Å². The molecule has 134 valence electrons. The Labute approximate surface area is 151 Å². The van der Waals surface area contributed by atoms with Gasteiger partial charge < -0.3 is 15.0 Å². The molecule has 0 bridgehead atoms. The molecule has 1 aliphatic rings. The first-order chi connectivity index (χ1) is 11.4. The number of nitrogens with zero attached hydrogens (tertiary/aromatic N) is 2. The fraction of sp³-hybridized carbons (Fsp3) is 0.632. The van der Waals surface area contributed by atoms with Gasteiger partial charge in [0.25, 0.3) is 0 Å². The molecule has 1 saturated heterocycles. The number of thioether (sulfide) groups is 1. The zero-order chi connectivity index (χ0) is 17.6. The quantitative estimate of drug-likeness (QED) is 0.728. The molecule has 1 fully saturated rings. The molecule has 1 aromatic carbocycles. The molecule has 4 nitrogen and oxygen atoms in total. The van der Waals surface area contributed by atoms with Gasteiger partial charge in [-0.05, 0) is 39.1 Å². The number of benzene rings is 1. The van der Waals surface area contributed by atoms with E-state index in [0.717, 1.165) is 44.8 Å². The summed E-state index contributed by atoms with van der Waals surface area (Å²) in [6.07, 6.45) is 1.01. The third kappa shape index (κ3) is 5.59. The van der Waals surface area contributed by atoms with Crippen LogP contribution in [-0.2, 0) is 17.1 Å². The molecule has 1 aromatic rings. The fourth-order valence-electron chi connectivity index (χ4n) is 3.02. The number of aldehydes is 1. The Hall–Kier alpha value is -0.880. The molecule has 2 rings (SSSR count). The number of likely N-dealkylation sites (N-methyl/N-ethyl adjacent to an activating group) is 2. The number of rotatable bonds is 8. The summed E-state index contributed by atoms with van der Waals surface area (Å²) in [6, 6.07) is 8.75. The molecule has 0 saturated carbocycles. The van der Waals surface area contributed by atoms with Gasteiger partial charge in [-0.3, -0.25) is 4.90 Å². The molecule has 0 amide bonds. The molecule has 0 aromatic heterocycles. The summed E-state index contributed by atoms with van der Waals surface area (Å²) >= 11 is 1.83. The lowest BCUT2D eigenvalue weighted by atomic mass is 10.1. The van der Waals surface area contributed by atoms with Gasteiger partial charge in [0.1, 0.15) is 6.29 Å². The van der Waals surface area contributed by atoms with E-state index in [2.05, 4.69) is 60.3 Å². The highest BCUT2D eigenvalue weighted by atomic mass is 32.2. The monoisotopic (exact) mass is 349 g/mol. The molecule has 1 heterocycles. The summed E-state index contributed by atoms with van der Waals surface area (Å²) in [4.78, 5) is 16.1. The Balaban J connectivity index is 1.91. The highest BCUT2D eigenvalue weighted by molar-refractivity contribution is 7.99. The first-order valence-corrected chi connectivity index (χ1v) is 9.68. The predicted octanol–water partition coefficient (Wildman–Crippen LogP) is 2.23. The van der Waals surface area contributed by atoms with E-state index >= 15 is 0 Å². The second-order valence-corrected chi connectivity index (χ2v) is 8.82. The van der Waals surface area contributed by atoms with Crippen LogP contribution in [0.4, 0.5) is 0 Å². The van der Waals surface area contributed by atoms with Crippen LogP contribution in [-0.4, -0.2) is 67.1 Å². The standard InChI is InChI=1S/C19H31N3OS/c1-19(2,18(14-23)20-3)24-15-17-7-5-6-16(12-17)13-22-10-8-21(4)9-11-22/h5-7,12,14,18,20H,8-11,13,15H2,1-4H3. The van der Waals surface area contributed by atoms with E-state index in [1.165, 1.54) is 11.1 Å². The van der Waals surface area contributed by atoms with Crippen molar-refractivity contribution in [3.63, 3.8) is 0 Å². The van der Waals surface area contributed by atoms with Crippen molar-refractivity contribution in [1.29, 1.82) is 0 Å². The zero-order valence-electron chi connectivity index (χ0n) is 15.4. The summed E-state index contributed by atoms with van der Waals surface area (Å²) in [5.74, 6) is 0.926. The maximum atomic E-state index is 11.2. The molecule has 0 radical (unpaired) electrons. The van der Waals surface area contributed by atoms with Crippen LogP contribution in [0, 0.1) is 0 Å². The Kier molecular flexibility index (Phi) is 7.29. The average molecular weight is 350 g/mol. The van der Waals surface area contributed by atoms with Gasteiger partial charge in [0.15, 0.2) is 0 Å². The molecule has 0 aliphatic carbocycles. The Morgan fingerprint density at radius 3 is 2.54 bits per heavy atom. The van der Waals surface area contributed by atoms with Crippen molar-refractivity contribution in [2.45, 2.75) is 36.9 Å². The van der Waals surface area contributed by atoms with Crippen molar-refractivity contribution < 1.29 is 4.79 Å². The van der Waals surface area contributed by atoms with Crippen molar-refractivity contribution in [2.24, 2.45) is 0 Å². The minimum Gasteiger partial charge on any atom is -0.310 e. The molecule has 0 spiro atoms. The Morgan fingerprint density at radius 1 is 1.25 bits per heavy atom. The van der Waals surface area contributed by atoms with E-state index in [0.29, 0.717) is 0 Å². The maximum Gasteiger partial charge on any atom is 0.138 e. The van der Waals surface area contributed by atoms with Crippen LogP contribution in [0.5, 0.6) is 0 Å². The summed E-state index contributed by atoms with van der Waals surface area (Å²) in [5.41, 5.74) is 2.72. The lowest BCUT2D eigenvalue weighted by Gasteiger charge is -2.32. The number of hydrogen-bond donors (Lipinski definition) is 1. The summed E-state index contributed by atoms with van der Waals surface area (Å²) < 4.78 is -0.121. The van der Waals surface area contributed by atoms with Crippen LogP contribution >= 0.6 is 11.8 Å². The van der Waals surface area contributed by atoms with Crippen LogP contribution in [0.25, 0.3) is 0 Å². The Bertz CT molecular complexity index is 527. The smallest absolute Gasteiger partial charge is 0.138 e. The first kappa shape index (κ1) is 19.4. The maximum absolute atomic E-state index is 11.2. The van der Waals surface area contributed by atoms with Crippen LogP contribution in [0.2, 0.25) is 0 Å². The van der Waals surface area contributed by atoms with Gasteiger partial charge >= 0.3 is 0 Å². The van der Waals surface area contributed by atoms with Gasteiger partial charge in [0.05, 0.1) is 6.04 Å². The number of nitrogens with one attached hydrogen (secondary N) is 1. The molecule has 1 atom stereocenters. The first-order valence-electron chi connectivity index (χ1n) is 8.70. The van der Waals surface area contributed by atoms with Crippen LogP contribution < -0.4 is 5.32 Å². The van der Waals surface area contributed by atoms with Gasteiger partial charge in [-0.1, -0.05) is 24.3 Å². The van der Waals surface area contributed by atoms with Gasteiger partial charge in [0.2, 0.25) is 0 Å². The molecule has 1 unspecified atom stereocenters. The van der Waals surface area contributed by atoms with Crippen LogP contribution in [0.3, 0.4) is 0 Å². The second kappa shape index (κ2) is 8.99. The van der Waals surface area contributed by atoms with Crippen LogP contribution in [0.1, 0.15) is 25.0 Å². The predicted molar refractivity (Wildman–Crippen MR) is 104 cm³/mol. The Morgan fingerprint density at radius 2 is 1.92 bits per heavy atom. The van der Waals surface area contributed by atoms with Crippen molar-refractivity contribution in [1.82, 2.24) is 15.1 Å². The SMILES string of the molecule is CNC(C=O)C(C)(C)SCc1cccc(CN2CCN(C)CC2)c1. The number of hydrogen-bond acceptors (Lipinski definition) is 5. The largest absolute Gasteiger partial charge is 0.310 e. The van der Waals surface area contributed by atoms with Gasteiger partial charge in [0, 0.05) is 43.2 Å². The van der Waals surface area contributed by atoms with E-state index in [9.17, 15) is 4.79 Å². The van der Waals surface area contributed by atoms with E-state index in [1.54, 1.807) is 0 Å². The van der Waals surface area contributed by atoms with Crippen molar-refractivity contribution in [2.75, 3.05) is 40.3 Å².